The number of hydrogen-bond acceptors (Lipinski definition) is 4. The predicted molar refractivity (Wildman–Crippen MR) is 131 cm³/mol. The standard InChI is InChI=1S/C25H51N2O2P/c1-6-7-8-9-10-11-12-13-14-15-16-17-18-19-22-28-30(29-23-20-21-26)27(24(2)3)25(4)5/h24-25H,6-20,22-23H2,1-5H3. The Morgan fingerprint density at radius 1 is 0.667 bits per heavy atom. The Morgan fingerprint density at radius 3 is 1.47 bits per heavy atom. The molecule has 0 fully saturated rings. The average Bonchev–Trinajstić information content (AvgIpc) is 2.70. The Balaban J connectivity index is 3.73. The Bertz CT molecular complexity index is 391. The molecule has 0 aromatic carbocycles. The van der Waals surface area contributed by atoms with E-state index in [0.29, 0.717) is 25.1 Å². The summed E-state index contributed by atoms with van der Waals surface area (Å²) in [5.41, 5.74) is 0. The Kier molecular flexibility index (Phi) is 21.9. The molecule has 0 aromatic heterocycles. The molecule has 0 saturated heterocycles. The van der Waals surface area contributed by atoms with Gasteiger partial charge in [-0.25, -0.2) is 4.67 Å². The molecule has 1 atom stereocenters. The molecular weight excluding hydrogens is 391 g/mol. The first kappa shape index (κ1) is 29.8. The minimum absolute atomic E-state index is 0.370. The Hall–Kier alpha value is -0.200. The van der Waals surface area contributed by atoms with Crippen LogP contribution >= 0.6 is 8.53 Å². The Labute approximate surface area is 190 Å². The summed E-state index contributed by atoms with van der Waals surface area (Å²) in [6.45, 7) is 12.2. The van der Waals surface area contributed by atoms with Gasteiger partial charge in [-0.2, -0.15) is 5.26 Å². The van der Waals surface area contributed by atoms with Crippen LogP contribution in [0.3, 0.4) is 0 Å². The van der Waals surface area contributed by atoms with Crippen LogP contribution in [0, 0.1) is 11.3 Å². The number of rotatable bonds is 22. The van der Waals surface area contributed by atoms with Gasteiger partial charge in [-0.1, -0.05) is 90.4 Å². The van der Waals surface area contributed by atoms with E-state index in [4.69, 9.17) is 14.3 Å². The maximum Gasteiger partial charge on any atom is 0.259 e. The molecule has 0 heterocycles. The lowest BCUT2D eigenvalue weighted by atomic mass is 10.0. The van der Waals surface area contributed by atoms with Gasteiger partial charge in [-0.15, -0.1) is 0 Å². The molecule has 0 N–H and O–H groups in total. The van der Waals surface area contributed by atoms with Crippen molar-refractivity contribution in [2.45, 2.75) is 143 Å². The van der Waals surface area contributed by atoms with E-state index < -0.39 is 8.53 Å². The van der Waals surface area contributed by atoms with Crippen molar-refractivity contribution >= 4 is 8.53 Å². The van der Waals surface area contributed by atoms with Gasteiger partial charge in [0.25, 0.3) is 8.53 Å². The molecule has 0 amide bonds. The molecule has 0 aliphatic rings. The molecule has 0 saturated carbocycles. The topological polar surface area (TPSA) is 45.5 Å². The first-order valence-electron chi connectivity index (χ1n) is 12.8. The van der Waals surface area contributed by atoms with E-state index in [0.717, 1.165) is 13.0 Å². The van der Waals surface area contributed by atoms with E-state index in [1.54, 1.807) is 0 Å². The summed E-state index contributed by atoms with van der Waals surface area (Å²) in [5.74, 6) is 0. The first-order valence-corrected chi connectivity index (χ1v) is 13.9. The van der Waals surface area contributed by atoms with Gasteiger partial charge in [-0.05, 0) is 34.1 Å². The number of nitrogens with zero attached hydrogens (tertiary/aromatic N) is 2. The fourth-order valence-corrected chi connectivity index (χ4v) is 5.38. The maximum atomic E-state index is 8.78. The SMILES string of the molecule is CCCCCCCCCCCCCCCCOP(OCCC#N)N(C(C)C)C(C)C. The lowest BCUT2D eigenvalue weighted by Crippen LogP contribution is -2.33. The molecule has 0 spiro atoms. The first-order chi connectivity index (χ1) is 14.5. The molecule has 178 valence electrons. The maximum absolute atomic E-state index is 8.78. The predicted octanol–water partition coefficient (Wildman–Crippen LogP) is 8.76. The van der Waals surface area contributed by atoms with Gasteiger partial charge in [0.1, 0.15) is 0 Å². The summed E-state index contributed by atoms with van der Waals surface area (Å²) in [5, 5.41) is 8.78. The van der Waals surface area contributed by atoms with E-state index in [-0.39, 0.29) is 0 Å². The summed E-state index contributed by atoms with van der Waals surface area (Å²) in [4.78, 5) is 0. The van der Waals surface area contributed by atoms with Crippen molar-refractivity contribution in [2.24, 2.45) is 0 Å². The molecule has 0 radical (unpaired) electrons. The normalized spacial score (nSPS) is 12.8. The van der Waals surface area contributed by atoms with Gasteiger partial charge in [-0.3, -0.25) is 0 Å². The van der Waals surface area contributed by atoms with Gasteiger partial charge in [0.05, 0.1) is 25.7 Å². The molecule has 0 bridgehead atoms. The van der Waals surface area contributed by atoms with Gasteiger partial charge in [0, 0.05) is 12.1 Å². The van der Waals surface area contributed by atoms with Crippen molar-refractivity contribution in [3.05, 3.63) is 0 Å². The fourth-order valence-electron chi connectivity index (χ4n) is 3.75. The molecular formula is C25H51N2O2P. The van der Waals surface area contributed by atoms with Crippen molar-refractivity contribution in [2.75, 3.05) is 13.2 Å². The monoisotopic (exact) mass is 442 g/mol. The second kappa shape index (κ2) is 22.0. The van der Waals surface area contributed by atoms with Crippen LogP contribution < -0.4 is 0 Å². The third-order valence-corrected chi connectivity index (χ3v) is 7.47. The smallest absolute Gasteiger partial charge is 0.259 e. The van der Waals surface area contributed by atoms with Crippen LogP contribution in [0.1, 0.15) is 131 Å². The quantitative estimate of drug-likeness (QED) is 0.124. The van der Waals surface area contributed by atoms with Crippen molar-refractivity contribution in [3.8, 4) is 6.07 Å². The van der Waals surface area contributed by atoms with Crippen molar-refractivity contribution < 1.29 is 9.05 Å². The van der Waals surface area contributed by atoms with Gasteiger partial charge in [0.15, 0.2) is 0 Å². The second-order valence-electron chi connectivity index (χ2n) is 8.98. The zero-order valence-corrected chi connectivity index (χ0v) is 21.7. The number of unbranched alkanes of at least 4 members (excludes halogenated alkanes) is 13. The largest absolute Gasteiger partial charge is 0.322 e. The average molecular weight is 443 g/mol. The van der Waals surface area contributed by atoms with E-state index >= 15 is 0 Å². The minimum atomic E-state index is -1.07. The zero-order chi connectivity index (χ0) is 22.5. The van der Waals surface area contributed by atoms with Crippen LogP contribution in [0.4, 0.5) is 0 Å². The Morgan fingerprint density at radius 2 is 1.07 bits per heavy atom. The molecule has 30 heavy (non-hydrogen) atoms. The molecule has 0 aliphatic carbocycles. The van der Waals surface area contributed by atoms with Crippen LogP contribution in [0.5, 0.6) is 0 Å². The highest BCUT2D eigenvalue weighted by Crippen LogP contribution is 2.46. The summed E-state index contributed by atoms with van der Waals surface area (Å²) in [6.07, 6.45) is 19.6. The fraction of sp³-hybridized carbons (Fsp3) is 0.960. The molecule has 0 aliphatic heterocycles. The lowest BCUT2D eigenvalue weighted by molar-refractivity contribution is 0.174. The summed E-state index contributed by atoms with van der Waals surface area (Å²) >= 11 is 0. The van der Waals surface area contributed by atoms with Crippen LogP contribution in [-0.4, -0.2) is 30.0 Å². The van der Waals surface area contributed by atoms with Crippen LogP contribution in [0.15, 0.2) is 0 Å². The summed E-state index contributed by atoms with van der Waals surface area (Å²) in [6, 6.07) is 2.89. The van der Waals surface area contributed by atoms with Crippen LogP contribution in [0.2, 0.25) is 0 Å². The third kappa shape index (κ3) is 17.5. The van der Waals surface area contributed by atoms with Crippen molar-refractivity contribution in [1.29, 1.82) is 5.26 Å². The van der Waals surface area contributed by atoms with E-state index in [2.05, 4.69) is 45.4 Å². The lowest BCUT2D eigenvalue weighted by Gasteiger charge is -2.35. The van der Waals surface area contributed by atoms with Crippen LogP contribution in [-0.2, 0) is 9.05 Å². The van der Waals surface area contributed by atoms with Gasteiger partial charge in [0.2, 0.25) is 0 Å². The van der Waals surface area contributed by atoms with E-state index in [1.165, 1.54) is 83.5 Å². The summed E-state index contributed by atoms with van der Waals surface area (Å²) < 4.78 is 14.4. The molecule has 0 aromatic rings. The third-order valence-electron chi connectivity index (χ3n) is 5.36. The highest BCUT2D eigenvalue weighted by molar-refractivity contribution is 7.44. The van der Waals surface area contributed by atoms with E-state index in [9.17, 15) is 0 Å². The molecule has 0 rings (SSSR count). The molecule has 5 heteroatoms. The highest BCUT2D eigenvalue weighted by Gasteiger charge is 2.26. The second-order valence-corrected chi connectivity index (χ2v) is 10.4. The zero-order valence-electron chi connectivity index (χ0n) is 20.8. The van der Waals surface area contributed by atoms with Crippen molar-refractivity contribution in [1.82, 2.24) is 4.67 Å². The van der Waals surface area contributed by atoms with E-state index in [1.807, 2.05) is 0 Å². The van der Waals surface area contributed by atoms with Gasteiger partial charge >= 0.3 is 0 Å². The summed E-state index contributed by atoms with van der Waals surface area (Å²) in [7, 11) is -1.07. The number of hydrogen-bond donors (Lipinski definition) is 0. The molecule has 1 unspecified atom stereocenters. The van der Waals surface area contributed by atoms with Crippen molar-refractivity contribution in [3.63, 3.8) is 0 Å². The van der Waals surface area contributed by atoms with Gasteiger partial charge < -0.3 is 9.05 Å². The molecule has 4 nitrogen and oxygen atoms in total. The number of nitriles is 1. The highest BCUT2D eigenvalue weighted by atomic mass is 31.2. The minimum Gasteiger partial charge on any atom is -0.322 e. The van der Waals surface area contributed by atoms with Crippen LogP contribution in [0.25, 0.3) is 0 Å².